The minimum atomic E-state index is -0.381. The van der Waals surface area contributed by atoms with E-state index in [0.29, 0.717) is 13.1 Å². The van der Waals surface area contributed by atoms with Crippen molar-refractivity contribution in [1.82, 2.24) is 14.9 Å². The van der Waals surface area contributed by atoms with Crippen molar-refractivity contribution >= 4 is 29.3 Å². The zero-order valence-electron chi connectivity index (χ0n) is 14.5. The van der Waals surface area contributed by atoms with Crippen LogP contribution in [0.15, 0.2) is 36.8 Å². The van der Waals surface area contributed by atoms with E-state index in [9.17, 15) is 9.59 Å². The Morgan fingerprint density at radius 2 is 2.15 bits per heavy atom. The van der Waals surface area contributed by atoms with Crippen molar-refractivity contribution in [3.05, 3.63) is 48.0 Å². The minimum absolute atomic E-state index is 0.133. The molecule has 134 valence electrons. The zero-order chi connectivity index (χ0) is 18.1. The molecule has 1 aromatic heterocycles. The lowest BCUT2D eigenvalue weighted by Crippen LogP contribution is -2.33. The molecule has 0 radical (unpaired) electrons. The number of hydrogen-bond acceptors (Lipinski definition) is 4. The number of nitrogens with one attached hydrogen (secondary N) is 1. The lowest BCUT2D eigenvalue weighted by molar-refractivity contribution is -0.119. The number of nitrogens with zero attached hydrogens (tertiary/aromatic N) is 3. The molecule has 0 spiro atoms. The summed E-state index contributed by atoms with van der Waals surface area (Å²) in [5.41, 5.74) is 4.31. The largest absolute Gasteiger partial charge is 0.442 e. The summed E-state index contributed by atoms with van der Waals surface area (Å²) in [6.45, 7) is 3.13. The highest BCUT2D eigenvalue weighted by Crippen LogP contribution is 2.29. The number of fused-ring (bicyclic) bond motifs is 1. The number of aryl methyl sites for hydroxylation is 1. The number of carbonyl (C=O) groups excluding carboxylic acids is 2. The van der Waals surface area contributed by atoms with Gasteiger partial charge in [-0.05, 0) is 35.8 Å². The number of benzene rings is 1. The topological polar surface area (TPSA) is 76.5 Å². The van der Waals surface area contributed by atoms with Crippen molar-refractivity contribution in [3.63, 3.8) is 0 Å². The van der Waals surface area contributed by atoms with Gasteiger partial charge in [0, 0.05) is 19.2 Å². The third kappa shape index (κ3) is 3.20. The summed E-state index contributed by atoms with van der Waals surface area (Å²) in [7, 11) is 0. The van der Waals surface area contributed by atoms with Gasteiger partial charge < -0.3 is 14.6 Å². The highest BCUT2D eigenvalue weighted by atomic mass is 16.6. The first kappa shape index (κ1) is 16.4. The van der Waals surface area contributed by atoms with Crippen LogP contribution >= 0.6 is 0 Å². The third-order valence-corrected chi connectivity index (χ3v) is 4.69. The number of aromatic nitrogens is 2. The predicted octanol–water partition coefficient (Wildman–Crippen LogP) is 2.29. The molecule has 7 nitrogen and oxygen atoms in total. The molecule has 0 saturated carbocycles. The fraction of sp³-hybridized carbons (Fsp3) is 0.316. The molecular weight excluding hydrogens is 332 g/mol. The van der Waals surface area contributed by atoms with Crippen molar-refractivity contribution in [3.8, 4) is 0 Å². The van der Waals surface area contributed by atoms with Crippen LogP contribution < -0.4 is 10.2 Å². The summed E-state index contributed by atoms with van der Waals surface area (Å²) in [4.78, 5) is 28.9. The molecule has 7 heteroatoms. The first-order chi connectivity index (χ1) is 12.6. The van der Waals surface area contributed by atoms with Crippen LogP contribution in [0.25, 0.3) is 11.6 Å². The second kappa shape index (κ2) is 6.67. The lowest BCUT2D eigenvalue weighted by atomic mass is 9.99. The van der Waals surface area contributed by atoms with E-state index < -0.39 is 0 Å². The highest BCUT2D eigenvalue weighted by Gasteiger charge is 2.32. The molecule has 1 fully saturated rings. The van der Waals surface area contributed by atoms with E-state index in [1.54, 1.807) is 4.90 Å². The molecule has 2 aromatic rings. The number of ether oxygens (including phenoxy) is 1. The number of amides is 2. The molecule has 0 bridgehead atoms. The van der Waals surface area contributed by atoms with Crippen LogP contribution in [0.4, 0.5) is 10.5 Å². The van der Waals surface area contributed by atoms with Crippen LogP contribution in [0.2, 0.25) is 0 Å². The standard InChI is InChI=1S/C19H20N4O3/c1-13(24)21-10-18-11-23(19(25)26-18)16-4-2-14(3-5-16)15-6-7-22-12-20-9-17(22)8-15/h2-5,8-9,12,18H,6-7,10-11H2,1H3,(H,21,24)/t18-/m0/s1. The van der Waals surface area contributed by atoms with Gasteiger partial charge in [-0.25, -0.2) is 9.78 Å². The molecule has 2 aliphatic heterocycles. The van der Waals surface area contributed by atoms with Gasteiger partial charge >= 0.3 is 6.09 Å². The molecular formula is C19H20N4O3. The Hall–Kier alpha value is -3.09. The van der Waals surface area contributed by atoms with Gasteiger partial charge in [-0.2, -0.15) is 0 Å². The van der Waals surface area contributed by atoms with E-state index in [-0.39, 0.29) is 18.1 Å². The van der Waals surface area contributed by atoms with Crippen molar-refractivity contribution in [2.75, 3.05) is 18.0 Å². The Morgan fingerprint density at radius 1 is 1.35 bits per heavy atom. The van der Waals surface area contributed by atoms with Gasteiger partial charge in [0.15, 0.2) is 0 Å². The summed E-state index contributed by atoms with van der Waals surface area (Å²) in [5, 5.41) is 2.68. The first-order valence-corrected chi connectivity index (χ1v) is 8.64. The van der Waals surface area contributed by atoms with Crippen LogP contribution in [0.3, 0.4) is 0 Å². The number of imidazole rings is 1. The van der Waals surface area contributed by atoms with E-state index in [0.717, 1.165) is 29.9 Å². The van der Waals surface area contributed by atoms with Crippen molar-refractivity contribution in [2.24, 2.45) is 0 Å². The number of carbonyl (C=O) groups is 2. The van der Waals surface area contributed by atoms with E-state index in [1.807, 2.05) is 36.8 Å². The molecule has 3 heterocycles. The second-order valence-corrected chi connectivity index (χ2v) is 6.53. The van der Waals surface area contributed by atoms with E-state index in [1.165, 1.54) is 12.5 Å². The third-order valence-electron chi connectivity index (χ3n) is 4.69. The quantitative estimate of drug-likeness (QED) is 0.916. The number of hydrogen-bond donors (Lipinski definition) is 1. The molecule has 1 N–H and O–H groups in total. The maximum atomic E-state index is 12.1. The average molecular weight is 352 g/mol. The first-order valence-electron chi connectivity index (χ1n) is 8.64. The highest BCUT2D eigenvalue weighted by molar-refractivity contribution is 5.90. The summed E-state index contributed by atoms with van der Waals surface area (Å²) >= 11 is 0. The van der Waals surface area contributed by atoms with Gasteiger partial charge in [0.05, 0.1) is 31.3 Å². The number of anilines is 1. The minimum Gasteiger partial charge on any atom is -0.442 e. The smallest absolute Gasteiger partial charge is 0.414 e. The van der Waals surface area contributed by atoms with Crippen LogP contribution in [-0.4, -0.2) is 40.7 Å². The van der Waals surface area contributed by atoms with Gasteiger partial charge in [-0.3, -0.25) is 9.69 Å². The van der Waals surface area contributed by atoms with E-state index in [2.05, 4.69) is 20.9 Å². The Kier molecular flexibility index (Phi) is 4.20. The van der Waals surface area contributed by atoms with E-state index in [4.69, 9.17) is 4.74 Å². The van der Waals surface area contributed by atoms with Crippen molar-refractivity contribution in [2.45, 2.75) is 26.0 Å². The van der Waals surface area contributed by atoms with E-state index >= 15 is 0 Å². The zero-order valence-corrected chi connectivity index (χ0v) is 14.5. The molecule has 2 amide bonds. The van der Waals surface area contributed by atoms with Gasteiger partial charge in [-0.15, -0.1) is 0 Å². The van der Waals surface area contributed by atoms with Crippen molar-refractivity contribution in [1.29, 1.82) is 0 Å². The Labute approximate surface area is 151 Å². The normalized spacial score (nSPS) is 19.0. The van der Waals surface area contributed by atoms with Crippen LogP contribution in [-0.2, 0) is 16.1 Å². The van der Waals surface area contributed by atoms with Gasteiger partial charge in [0.25, 0.3) is 0 Å². The number of rotatable bonds is 4. The summed E-state index contributed by atoms with van der Waals surface area (Å²) in [5.74, 6) is -0.133. The fourth-order valence-electron chi connectivity index (χ4n) is 3.31. The fourth-order valence-corrected chi connectivity index (χ4v) is 3.31. The number of allylic oxidation sites excluding steroid dienone is 1. The summed E-state index contributed by atoms with van der Waals surface area (Å²) in [6, 6.07) is 7.93. The maximum Gasteiger partial charge on any atom is 0.414 e. The van der Waals surface area contributed by atoms with Crippen molar-refractivity contribution < 1.29 is 14.3 Å². The molecule has 2 aliphatic rings. The molecule has 0 unspecified atom stereocenters. The summed E-state index contributed by atoms with van der Waals surface area (Å²) in [6.07, 6.45) is 6.11. The molecule has 4 rings (SSSR count). The molecule has 1 aromatic carbocycles. The molecule has 26 heavy (non-hydrogen) atoms. The van der Waals surface area contributed by atoms with Crippen LogP contribution in [0.1, 0.15) is 24.6 Å². The Morgan fingerprint density at radius 3 is 2.92 bits per heavy atom. The SMILES string of the molecule is CC(=O)NC[C@H]1CN(c2ccc(C3=Cc4cncn4CC3)cc2)C(=O)O1. The van der Waals surface area contributed by atoms with Gasteiger partial charge in [0.1, 0.15) is 6.10 Å². The number of cyclic esters (lactones) is 1. The monoisotopic (exact) mass is 352 g/mol. The average Bonchev–Trinajstić information content (AvgIpc) is 3.25. The Balaban J connectivity index is 1.47. The van der Waals surface area contributed by atoms with Gasteiger partial charge in [0.2, 0.25) is 5.91 Å². The summed E-state index contributed by atoms with van der Waals surface area (Å²) < 4.78 is 7.44. The molecule has 0 aliphatic carbocycles. The molecule has 1 saturated heterocycles. The lowest BCUT2D eigenvalue weighted by Gasteiger charge is -2.17. The predicted molar refractivity (Wildman–Crippen MR) is 97.5 cm³/mol. The second-order valence-electron chi connectivity index (χ2n) is 6.53. The van der Waals surface area contributed by atoms with Gasteiger partial charge in [-0.1, -0.05) is 12.1 Å². The molecule has 1 atom stereocenters. The Bertz CT molecular complexity index is 869. The van der Waals surface area contributed by atoms with Crippen LogP contribution in [0, 0.1) is 0 Å². The van der Waals surface area contributed by atoms with Crippen LogP contribution in [0.5, 0.6) is 0 Å². The maximum absolute atomic E-state index is 12.1.